The number of benzene rings is 1. The van der Waals surface area contributed by atoms with Crippen molar-refractivity contribution in [2.45, 2.75) is 0 Å². The monoisotopic (exact) mass is 278 g/mol. The molecule has 2 aromatic heterocycles. The Balaban J connectivity index is 2.00. The van der Waals surface area contributed by atoms with E-state index in [4.69, 9.17) is 5.26 Å². The van der Waals surface area contributed by atoms with Crippen LogP contribution >= 0.6 is 11.3 Å². The van der Waals surface area contributed by atoms with Gasteiger partial charge in [0, 0.05) is 5.69 Å². The standard InChI is InChI=1S/C15H10N4S/c16-9-11-10-17-15(13-7-4-8-20-13)19-14(11)18-12-5-2-1-3-6-12/h1-8,10H,(H,17,18,19). The Morgan fingerprint density at radius 2 is 1.95 bits per heavy atom. The first kappa shape index (κ1) is 12.3. The number of nitriles is 1. The van der Waals surface area contributed by atoms with E-state index in [9.17, 15) is 0 Å². The molecule has 0 radical (unpaired) electrons. The van der Waals surface area contributed by atoms with Crippen molar-refractivity contribution in [3.8, 4) is 16.8 Å². The fourth-order valence-electron chi connectivity index (χ4n) is 1.74. The van der Waals surface area contributed by atoms with Gasteiger partial charge in [0.2, 0.25) is 0 Å². The van der Waals surface area contributed by atoms with Gasteiger partial charge in [-0.15, -0.1) is 11.3 Å². The van der Waals surface area contributed by atoms with Crippen LogP contribution in [0.2, 0.25) is 0 Å². The fraction of sp³-hybridized carbons (Fsp3) is 0. The Hall–Kier alpha value is -2.71. The average Bonchev–Trinajstić information content (AvgIpc) is 3.02. The summed E-state index contributed by atoms with van der Waals surface area (Å²) in [5.41, 5.74) is 1.31. The van der Waals surface area contributed by atoms with Gasteiger partial charge in [-0.25, -0.2) is 9.97 Å². The van der Waals surface area contributed by atoms with Gasteiger partial charge in [0.25, 0.3) is 0 Å². The van der Waals surface area contributed by atoms with Gasteiger partial charge in [0.05, 0.1) is 11.1 Å². The normalized spacial score (nSPS) is 9.95. The van der Waals surface area contributed by atoms with Crippen LogP contribution in [-0.2, 0) is 0 Å². The van der Waals surface area contributed by atoms with Crippen molar-refractivity contribution in [3.05, 3.63) is 59.6 Å². The van der Waals surface area contributed by atoms with Gasteiger partial charge in [-0.05, 0) is 23.6 Å². The number of nitrogens with zero attached hydrogens (tertiary/aromatic N) is 3. The lowest BCUT2D eigenvalue weighted by molar-refractivity contribution is 1.17. The third-order valence-corrected chi connectivity index (χ3v) is 3.55. The molecule has 0 aliphatic heterocycles. The van der Waals surface area contributed by atoms with Gasteiger partial charge in [-0.3, -0.25) is 0 Å². The summed E-state index contributed by atoms with van der Waals surface area (Å²) in [7, 11) is 0. The second-order valence-electron chi connectivity index (χ2n) is 4.04. The van der Waals surface area contributed by atoms with Crippen LogP contribution in [0.3, 0.4) is 0 Å². The molecule has 0 amide bonds. The largest absolute Gasteiger partial charge is 0.339 e. The summed E-state index contributed by atoms with van der Waals surface area (Å²) in [6, 6.07) is 15.7. The summed E-state index contributed by atoms with van der Waals surface area (Å²) < 4.78 is 0. The first-order valence-electron chi connectivity index (χ1n) is 6.00. The maximum absolute atomic E-state index is 9.15. The van der Waals surface area contributed by atoms with Crippen molar-refractivity contribution in [1.29, 1.82) is 5.26 Å². The Labute approximate surface area is 120 Å². The predicted molar refractivity (Wildman–Crippen MR) is 79.8 cm³/mol. The highest BCUT2D eigenvalue weighted by Crippen LogP contribution is 2.24. The predicted octanol–water partition coefficient (Wildman–Crippen LogP) is 3.82. The quantitative estimate of drug-likeness (QED) is 0.791. The Bertz CT molecular complexity index is 745. The molecule has 1 aromatic carbocycles. The van der Waals surface area contributed by atoms with Crippen LogP contribution in [0.1, 0.15) is 5.56 Å². The third-order valence-electron chi connectivity index (χ3n) is 2.69. The number of thiophene rings is 1. The molecular weight excluding hydrogens is 268 g/mol. The summed E-state index contributed by atoms with van der Waals surface area (Å²) in [5.74, 6) is 1.15. The number of para-hydroxylation sites is 1. The van der Waals surface area contributed by atoms with Crippen molar-refractivity contribution in [2.24, 2.45) is 0 Å². The highest BCUT2D eigenvalue weighted by Gasteiger charge is 2.09. The van der Waals surface area contributed by atoms with Gasteiger partial charge in [-0.1, -0.05) is 24.3 Å². The first-order chi connectivity index (χ1) is 9.86. The zero-order valence-electron chi connectivity index (χ0n) is 10.4. The number of rotatable bonds is 3. The molecule has 0 unspecified atom stereocenters. The molecule has 4 nitrogen and oxygen atoms in total. The molecule has 0 atom stereocenters. The van der Waals surface area contributed by atoms with Crippen LogP contribution in [0.25, 0.3) is 10.7 Å². The lowest BCUT2D eigenvalue weighted by Crippen LogP contribution is -1.99. The summed E-state index contributed by atoms with van der Waals surface area (Å²) in [6.45, 7) is 0. The lowest BCUT2D eigenvalue weighted by Gasteiger charge is -2.07. The van der Waals surface area contributed by atoms with E-state index >= 15 is 0 Å². The third kappa shape index (κ3) is 2.51. The summed E-state index contributed by atoms with van der Waals surface area (Å²) in [6.07, 6.45) is 1.55. The molecule has 0 aliphatic carbocycles. The SMILES string of the molecule is N#Cc1cnc(-c2cccs2)nc1Nc1ccccc1. The summed E-state index contributed by atoms with van der Waals surface area (Å²) in [5, 5.41) is 14.3. The molecule has 1 N–H and O–H groups in total. The molecule has 0 fully saturated rings. The van der Waals surface area contributed by atoms with Crippen molar-refractivity contribution in [1.82, 2.24) is 9.97 Å². The minimum absolute atomic E-state index is 0.425. The number of hydrogen-bond acceptors (Lipinski definition) is 5. The molecule has 0 spiro atoms. The van der Waals surface area contributed by atoms with Crippen LogP contribution in [0.4, 0.5) is 11.5 Å². The first-order valence-corrected chi connectivity index (χ1v) is 6.88. The van der Waals surface area contributed by atoms with Crippen molar-refractivity contribution >= 4 is 22.8 Å². The molecule has 0 aliphatic rings. The maximum Gasteiger partial charge on any atom is 0.171 e. The molecule has 96 valence electrons. The van der Waals surface area contributed by atoms with E-state index in [-0.39, 0.29) is 0 Å². The molecule has 0 saturated carbocycles. The molecule has 3 rings (SSSR count). The topological polar surface area (TPSA) is 61.6 Å². The summed E-state index contributed by atoms with van der Waals surface area (Å²) in [4.78, 5) is 9.66. The smallest absolute Gasteiger partial charge is 0.171 e. The minimum atomic E-state index is 0.425. The zero-order valence-corrected chi connectivity index (χ0v) is 11.3. The van der Waals surface area contributed by atoms with Gasteiger partial charge >= 0.3 is 0 Å². The summed E-state index contributed by atoms with van der Waals surface area (Å²) >= 11 is 1.57. The van der Waals surface area contributed by atoms with Gasteiger partial charge in [-0.2, -0.15) is 5.26 Å². The Morgan fingerprint density at radius 3 is 2.65 bits per heavy atom. The van der Waals surface area contributed by atoms with Gasteiger partial charge in [0.15, 0.2) is 11.6 Å². The van der Waals surface area contributed by atoms with Gasteiger partial charge in [0.1, 0.15) is 11.6 Å². The number of anilines is 2. The highest BCUT2D eigenvalue weighted by atomic mass is 32.1. The van der Waals surface area contributed by atoms with E-state index < -0.39 is 0 Å². The highest BCUT2D eigenvalue weighted by molar-refractivity contribution is 7.13. The molecule has 20 heavy (non-hydrogen) atoms. The Morgan fingerprint density at radius 1 is 1.10 bits per heavy atom. The molecule has 0 saturated heterocycles. The lowest BCUT2D eigenvalue weighted by atomic mass is 10.3. The van der Waals surface area contributed by atoms with E-state index in [1.807, 2.05) is 47.8 Å². The van der Waals surface area contributed by atoms with Crippen LogP contribution in [0.15, 0.2) is 54.0 Å². The van der Waals surface area contributed by atoms with E-state index in [1.54, 1.807) is 17.5 Å². The molecule has 5 heteroatoms. The average molecular weight is 278 g/mol. The van der Waals surface area contributed by atoms with Crippen LogP contribution in [0, 0.1) is 11.3 Å². The molecule has 0 bridgehead atoms. The van der Waals surface area contributed by atoms with E-state index in [2.05, 4.69) is 21.4 Å². The van der Waals surface area contributed by atoms with E-state index in [0.29, 0.717) is 17.2 Å². The molecular formula is C15H10N4S. The van der Waals surface area contributed by atoms with Crippen LogP contribution in [-0.4, -0.2) is 9.97 Å². The van der Waals surface area contributed by atoms with E-state index in [0.717, 1.165) is 10.6 Å². The molecule has 3 aromatic rings. The second kappa shape index (κ2) is 5.51. The van der Waals surface area contributed by atoms with Crippen molar-refractivity contribution in [2.75, 3.05) is 5.32 Å². The second-order valence-corrected chi connectivity index (χ2v) is 4.98. The van der Waals surface area contributed by atoms with Crippen LogP contribution in [0.5, 0.6) is 0 Å². The molecule has 2 heterocycles. The maximum atomic E-state index is 9.15. The number of nitrogens with one attached hydrogen (secondary N) is 1. The fourth-order valence-corrected chi connectivity index (χ4v) is 2.41. The van der Waals surface area contributed by atoms with Crippen molar-refractivity contribution < 1.29 is 0 Å². The van der Waals surface area contributed by atoms with E-state index in [1.165, 1.54) is 0 Å². The Kier molecular flexibility index (Phi) is 3.40. The van der Waals surface area contributed by atoms with Gasteiger partial charge < -0.3 is 5.32 Å². The van der Waals surface area contributed by atoms with Crippen molar-refractivity contribution in [3.63, 3.8) is 0 Å². The zero-order chi connectivity index (χ0) is 13.8. The number of hydrogen-bond donors (Lipinski definition) is 1. The minimum Gasteiger partial charge on any atom is -0.339 e. The van der Waals surface area contributed by atoms with Crippen LogP contribution < -0.4 is 5.32 Å². The number of aromatic nitrogens is 2.